The molecule has 92 valence electrons. The van der Waals surface area contributed by atoms with Crippen LogP contribution in [-0.2, 0) is 4.12 Å². The second kappa shape index (κ2) is 10.9. The molecule has 0 heterocycles. The first-order valence-electron chi connectivity index (χ1n) is 6.93. The smallest absolute Gasteiger partial charge is 0.162 e. The molecule has 0 bridgehead atoms. The highest BCUT2D eigenvalue weighted by Crippen LogP contribution is 2.14. The van der Waals surface area contributed by atoms with Gasteiger partial charge in [0.15, 0.2) is 18.1 Å². The third kappa shape index (κ3) is 8.23. The molecule has 0 aliphatic heterocycles. The van der Waals surface area contributed by atoms with Gasteiger partial charge in [-0.15, -0.1) is 0 Å². The normalized spacial score (nSPS) is 11.6. The number of hydrogen-bond donors (Lipinski definition) is 0. The zero-order chi connectivity index (χ0) is 11.5. The van der Waals surface area contributed by atoms with Gasteiger partial charge in [0.05, 0.1) is 0 Å². The Balaban J connectivity index is 3.93. The van der Waals surface area contributed by atoms with Crippen molar-refractivity contribution in [3.8, 4) is 0 Å². The number of hydrogen-bond acceptors (Lipinski definition) is 1. The molecule has 0 saturated carbocycles. The highest BCUT2D eigenvalue weighted by molar-refractivity contribution is 6.66. The molecule has 0 N–H and O–H groups in total. The summed E-state index contributed by atoms with van der Waals surface area (Å²) >= 11 is 0. The van der Waals surface area contributed by atoms with Crippen molar-refractivity contribution >= 4 is 18.1 Å². The van der Waals surface area contributed by atoms with Gasteiger partial charge < -0.3 is 4.12 Å². The van der Waals surface area contributed by atoms with E-state index in [0.717, 1.165) is 0 Å². The van der Waals surface area contributed by atoms with Gasteiger partial charge in [0.1, 0.15) is 0 Å². The molecule has 15 heavy (non-hydrogen) atoms. The lowest BCUT2D eigenvalue weighted by Gasteiger charge is -2.22. The van der Waals surface area contributed by atoms with Crippen LogP contribution < -0.4 is 0 Å². The van der Waals surface area contributed by atoms with Gasteiger partial charge in [0.2, 0.25) is 0 Å². The zero-order valence-electron chi connectivity index (χ0n) is 11.2. The maximum absolute atomic E-state index is 6.49. The fraction of sp³-hybridized carbons (Fsp3) is 1.00. The molecular formula is C12H30OSi2. The van der Waals surface area contributed by atoms with Gasteiger partial charge in [0, 0.05) is 0 Å². The molecule has 0 rings (SSSR count). The largest absolute Gasteiger partial charge is 0.460 e. The molecule has 0 fully saturated rings. The summed E-state index contributed by atoms with van der Waals surface area (Å²) in [7, 11) is -1.59. The van der Waals surface area contributed by atoms with Crippen molar-refractivity contribution in [1.82, 2.24) is 0 Å². The topological polar surface area (TPSA) is 9.23 Å². The first-order valence-corrected chi connectivity index (χ1v) is 11.1. The van der Waals surface area contributed by atoms with Crippen molar-refractivity contribution in [3.63, 3.8) is 0 Å². The van der Waals surface area contributed by atoms with Crippen molar-refractivity contribution in [1.29, 1.82) is 0 Å². The molecule has 3 heteroatoms. The van der Waals surface area contributed by atoms with E-state index in [-0.39, 0.29) is 0 Å². The molecule has 0 aromatic rings. The first kappa shape index (κ1) is 15.4. The Morgan fingerprint density at radius 1 is 0.600 bits per heavy atom. The van der Waals surface area contributed by atoms with Crippen LogP contribution in [0.3, 0.4) is 0 Å². The van der Waals surface area contributed by atoms with E-state index in [0.29, 0.717) is 0 Å². The molecule has 0 aromatic carbocycles. The zero-order valence-corrected chi connectivity index (χ0v) is 13.5. The summed E-state index contributed by atoms with van der Waals surface area (Å²) in [6, 6.07) is 5.63. The lowest BCUT2D eigenvalue weighted by atomic mass is 10.6. The summed E-state index contributed by atoms with van der Waals surface area (Å²) in [5.74, 6) is 0. The van der Waals surface area contributed by atoms with E-state index in [2.05, 4.69) is 27.7 Å². The van der Waals surface area contributed by atoms with Crippen LogP contribution in [0.15, 0.2) is 0 Å². The summed E-state index contributed by atoms with van der Waals surface area (Å²) in [4.78, 5) is 0. The lowest BCUT2D eigenvalue weighted by Crippen LogP contribution is -2.28. The van der Waals surface area contributed by atoms with Gasteiger partial charge in [-0.1, -0.05) is 53.4 Å². The van der Waals surface area contributed by atoms with E-state index in [1.54, 1.807) is 0 Å². The monoisotopic (exact) mass is 246 g/mol. The van der Waals surface area contributed by atoms with E-state index >= 15 is 0 Å². The highest BCUT2D eigenvalue weighted by Gasteiger charge is 2.16. The Labute approximate surface area is 100 Å². The summed E-state index contributed by atoms with van der Waals surface area (Å²) < 4.78 is 6.49. The average Bonchev–Trinajstić information content (AvgIpc) is 2.19. The molecule has 0 aromatic heterocycles. The van der Waals surface area contributed by atoms with Gasteiger partial charge in [0.25, 0.3) is 0 Å². The van der Waals surface area contributed by atoms with Crippen LogP contribution in [0.1, 0.15) is 53.4 Å². The van der Waals surface area contributed by atoms with E-state index < -0.39 is 18.1 Å². The Kier molecular flexibility index (Phi) is 11.2. The summed E-state index contributed by atoms with van der Waals surface area (Å²) in [6.07, 6.45) is 5.32. The van der Waals surface area contributed by atoms with E-state index in [9.17, 15) is 0 Å². The van der Waals surface area contributed by atoms with Crippen LogP contribution in [0, 0.1) is 0 Å². The lowest BCUT2D eigenvalue weighted by molar-refractivity contribution is 0.560. The first-order chi connectivity index (χ1) is 7.28. The highest BCUT2D eigenvalue weighted by atomic mass is 28.4. The quantitative estimate of drug-likeness (QED) is 0.528. The molecule has 0 amide bonds. The standard InChI is InChI=1S/C12H30OSi2/c1-5-9-14(10-6-2)13-15(11-7-3)12-8-4/h14-15H,5-12H2,1-4H3. The SMILES string of the molecule is CCC[SiH](CCC)O[SiH](CCC)CCC. The van der Waals surface area contributed by atoms with Crippen molar-refractivity contribution in [2.45, 2.75) is 77.6 Å². The predicted molar refractivity (Wildman–Crippen MR) is 75.8 cm³/mol. The van der Waals surface area contributed by atoms with Gasteiger partial charge in [-0.3, -0.25) is 0 Å². The minimum Gasteiger partial charge on any atom is -0.460 e. The molecular weight excluding hydrogens is 216 g/mol. The van der Waals surface area contributed by atoms with Gasteiger partial charge in [-0.2, -0.15) is 0 Å². The average molecular weight is 247 g/mol. The van der Waals surface area contributed by atoms with Gasteiger partial charge in [-0.25, -0.2) is 0 Å². The fourth-order valence-corrected chi connectivity index (χ4v) is 9.63. The van der Waals surface area contributed by atoms with Crippen LogP contribution >= 0.6 is 0 Å². The van der Waals surface area contributed by atoms with Crippen LogP contribution in [0.2, 0.25) is 24.2 Å². The van der Waals surface area contributed by atoms with E-state index in [4.69, 9.17) is 4.12 Å². The molecule has 0 atom stereocenters. The Bertz CT molecular complexity index is 105. The van der Waals surface area contributed by atoms with Crippen LogP contribution in [0.25, 0.3) is 0 Å². The minimum atomic E-state index is -0.793. The maximum atomic E-state index is 6.49. The van der Waals surface area contributed by atoms with E-state index in [1.807, 2.05) is 0 Å². The summed E-state index contributed by atoms with van der Waals surface area (Å²) in [5.41, 5.74) is 0. The van der Waals surface area contributed by atoms with Crippen molar-refractivity contribution in [2.24, 2.45) is 0 Å². The van der Waals surface area contributed by atoms with Crippen molar-refractivity contribution < 1.29 is 4.12 Å². The Hall–Kier alpha value is 0.394. The molecule has 0 aliphatic rings. The summed E-state index contributed by atoms with van der Waals surface area (Å²) in [5, 5.41) is 0. The van der Waals surface area contributed by atoms with Crippen molar-refractivity contribution in [2.75, 3.05) is 0 Å². The molecule has 0 unspecified atom stereocenters. The Morgan fingerprint density at radius 3 is 1.07 bits per heavy atom. The second-order valence-corrected chi connectivity index (χ2v) is 10.4. The fourth-order valence-electron chi connectivity index (χ4n) is 2.12. The van der Waals surface area contributed by atoms with Crippen LogP contribution in [0.5, 0.6) is 0 Å². The van der Waals surface area contributed by atoms with Crippen molar-refractivity contribution in [3.05, 3.63) is 0 Å². The molecule has 0 saturated heterocycles. The molecule has 0 spiro atoms. The van der Waals surface area contributed by atoms with Crippen LogP contribution in [0.4, 0.5) is 0 Å². The second-order valence-electron chi connectivity index (χ2n) is 4.53. The molecule has 0 aliphatic carbocycles. The predicted octanol–water partition coefficient (Wildman–Crippen LogP) is 4.09. The third-order valence-electron chi connectivity index (χ3n) is 2.83. The van der Waals surface area contributed by atoms with Gasteiger partial charge in [-0.05, 0) is 24.2 Å². The van der Waals surface area contributed by atoms with Gasteiger partial charge >= 0.3 is 0 Å². The molecule has 1 nitrogen and oxygen atoms in total. The number of rotatable bonds is 10. The summed E-state index contributed by atoms with van der Waals surface area (Å²) in [6.45, 7) is 9.20. The van der Waals surface area contributed by atoms with E-state index in [1.165, 1.54) is 49.9 Å². The third-order valence-corrected chi connectivity index (χ3v) is 10.8. The minimum absolute atomic E-state index is 0.793. The maximum Gasteiger partial charge on any atom is 0.162 e. The van der Waals surface area contributed by atoms with Crippen LogP contribution in [-0.4, -0.2) is 18.1 Å². The molecule has 0 radical (unpaired) electrons. The Morgan fingerprint density at radius 2 is 0.867 bits per heavy atom.